The number of morpholine rings is 1. The summed E-state index contributed by atoms with van der Waals surface area (Å²) in [6.07, 6.45) is 3.11. The van der Waals surface area contributed by atoms with Crippen LogP contribution in [-0.2, 0) is 4.74 Å². The van der Waals surface area contributed by atoms with Gasteiger partial charge in [0.15, 0.2) is 5.75 Å². The second-order valence-electron chi connectivity index (χ2n) is 9.03. The fourth-order valence-corrected chi connectivity index (χ4v) is 5.26. The molecule has 10 heteroatoms. The van der Waals surface area contributed by atoms with Crippen molar-refractivity contribution in [1.82, 2.24) is 14.7 Å². The average Bonchev–Trinajstić information content (AvgIpc) is 3.25. The highest BCUT2D eigenvalue weighted by atomic mass is 35.5. The molecule has 0 saturated carbocycles. The first kappa shape index (κ1) is 24.9. The standard InChI is InChI=1S/C26H29Cl2N5O3/c1-18-25(17-29-33(18)22-5-2-19(27)3-6-22)36-26(34)30-20-4-7-24(23(28)16-20)32-10-8-21(9-11-32)31-12-14-35-15-13-31/h2-7,16-17,21H,8-15H2,1H3,(H,30,34). The Morgan fingerprint density at radius 1 is 1.06 bits per heavy atom. The first-order valence-corrected chi connectivity index (χ1v) is 12.9. The Balaban J connectivity index is 1.17. The molecule has 2 aromatic carbocycles. The predicted octanol–water partition coefficient (Wildman–Crippen LogP) is 5.40. The molecule has 0 spiro atoms. The lowest BCUT2D eigenvalue weighted by molar-refractivity contribution is 0.0115. The Labute approximate surface area is 220 Å². The zero-order valence-corrected chi connectivity index (χ0v) is 21.6. The van der Waals surface area contributed by atoms with Crippen molar-refractivity contribution in [3.63, 3.8) is 0 Å². The number of carbonyl (C=O) groups excluding carboxylic acids is 1. The number of hydrogen-bond donors (Lipinski definition) is 1. The molecule has 3 aromatic rings. The number of hydrogen-bond acceptors (Lipinski definition) is 6. The van der Waals surface area contributed by atoms with Gasteiger partial charge in [0.05, 0.1) is 41.5 Å². The maximum absolute atomic E-state index is 12.6. The van der Waals surface area contributed by atoms with Crippen molar-refractivity contribution < 1.29 is 14.3 Å². The SMILES string of the molecule is Cc1c(OC(=O)Nc2ccc(N3CCC(N4CCOCC4)CC3)c(Cl)c2)cnn1-c1ccc(Cl)cc1. The maximum atomic E-state index is 12.6. The zero-order chi connectivity index (χ0) is 25.1. The molecule has 0 atom stereocenters. The van der Waals surface area contributed by atoms with Crippen LogP contribution in [0.5, 0.6) is 5.75 Å². The summed E-state index contributed by atoms with van der Waals surface area (Å²) < 4.78 is 12.7. The molecular formula is C26H29Cl2N5O3. The highest BCUT2D eigenvalue weighted by molar-refractivity contribution is 6.33. The van der Waals surface area contributed by atoms with Crippen molar-refractivity contribution in [3.8, 4) is 11.4 Å². The van der Waals surface area contributed by atoms with Crippen molar-refractivity contribution in [1.29, 1.82) is 0 Å². The van der Waals surface area contributed by atoms with Crippen LogP contribution in [0.4, 0.5) is 16.2 Å². The molecule has 1 aromatic heterocycles. The molecule has 36 heavy (non-hydrogen) atoms. The van der Waals surface area contributed by atoms with E-state index in [1.807, 2.05) is 31.2 Å². The van der Waals surface area contributed by atoms with Crippen LogP contribution in [0, 0.1) is 6.92 Å². The lowest BCUT2D eigenvalue weighted by Crippen LogP contribution is -2.49. The second kappa shape index (κ2) is 11.1. The van der Waals surface area contributed by atoms with Gasteiger partial charge in [0, 0.05) is 42.9 Å². The monoisotopic (exact) mass is 529 g/mol. The van der Waals surface area contributed by atoms with Crippen molar-refractivity contribution in [2.75, 3.05) is 49.6 Å². The molecule has 0 unspecified atom stereocenters. The van der Waals surface area contributed by atoms with E-state index in [9.17, 15) is 4.79 Å². The Morgan fingerprint density at radius 2 is 1.78 bits per heavy atom. The number of carbonyl (C=O) groups is 1. The lowest BCUT2D eigenvalue weighted by Gasteiger charge is -2.41. The van der Waals surface area contributed by atoms with E-state index in [1.165, 1.54) is 6.20 Å². The van der Waals surface area contributed by atoms with Crippen molar-refractivity contribution >= 4 is 40.7 Å². The quantitative estimate of drug-likeness (QED) is 0.477. The van der Waals surface area contributed by atoms with Gasteiger partial charge in [0.25, 0.3) is 0 Å². The van der Waals surface area contributed by atoms with Crippen LogP contribution in [0.2, 0.25) is 10.0 Å². The van der Waals surface area contributed by atoms with E-state index in [1.54, 1.807) is 22.9 Å². The van der Waals surface area contributed by atoms with Gasteiger partial charge in [-0.05, 0) is 62.2 Å². The largest absolute Gasteiger partial charge is 0.417 e. The number of rotatable bonds is 5. The van der Waals surface area contributed by atoms with Gasteiger partial charge in [-0.1, -0.05) is 23.2 Å². The predicted molar refractivity (Wildman–Crippen MR) is 142 cm³/mol. The Morgan fingerprint density at radius 3 is 2.47 bits per heavy atom. The van der Waals surface area contributed by atoms with Crippen LogP contribution in [0.15, 0.2) is 48.7 Å². The molecule has 8 nitrogen and oxygen atoms in total. The number of halogens is 2. The number of aromatic nitrogens is 2. The van der Waals surface area contributed by atoms with Gasteiger partial charge in [-0.3, -0.25) is 10.2 Å². The molecule has 2 aliphatic heterocycles. The van der Waals surface area contributed by atoms with Crippen molar-refractivity contribution in [3.05, 3.63) is 64.4 Å². The first-order chi connectivity index (χ1) is 17.5. The molecule has 0 aliphatic carbocycles. The number of nitrogens with one attached hydrogen (secondary N) is 1. The minimum absolute atomic E-state index is 0.369. The summed E-state index contributed by atoms with van der Waals surface area (Å²) in [4.78, 5) is 17.4. The van der Waals surface area contributed by atoms with E-state index in [0.29, 0.717) is 33.2 Å². The zero-order valence-electron chi connectivity index (χ0n) is 20.1. The number of benzene rings is 2. The van der Waals surface area contributed by atoms with Crippen LogP contribution < -0.4 is 15.0 Å². The van der Waals surface area contributed by atoms with Gasteiger partial charge in [0.2, 0.25) is 0 Å². The molecular weight excluding hydrogens is 501 g/mol. The van der Waals surface area contributed by atoms with Crippen LogP contribution in [0.25, 0.3) is 5.69 Å². The van der Waals surface area contributed by atoms with Gasteiger partial charge >= 0.3 is 6.09 Å². The number of nitrogens with zero attached hydrogens (tertiary/aromatic N) is 4. The van der Waals surface area contributed by atoms with E-state index in [-0.39, 0.29) is 0 Å². The third-order valence-corrected chi connectivity index (χ3v) is 7.35. The Bertz CT molecular complexity index is 1200. The fraction of sp³-hybridized carbons (Fsp3) is 0.385. The van der Waals surface area contributed by atoms with Crippen molar-refractivity contribution in [2.45, 2.75) is 25.8 Å². The van der Waals surface area contributed by atoms with Gasteiger partial charge in [0.1, 0.15) is 0 Å². The summed E-state index contributed by atoms with van der Waals surface area (Å²) in [5.74, 6) is 0.369. The molecule has 2 aliphatic rings. The van der Waals surface area contributed by atoms with Gasteiger partial charge < -0.3 is 14.4 Å². The number of ether oxygens (including phenoxy) is 2. The van der Waals surface area contributed by atoms with Crippen LogP contribution in [0.1, 0.15) is 18.5 Å². The molecule has 0 radical (unpaired) electrons. The van der Waals surface area contributed by atoms with E-state index < -0.39 is 6.09 Å². The molecule has 5 rings (SSSR count). The highest BCUT2D eigenvalue weighted by Gasteiger charge is 2.26. The van der Waals surface area contributed by atoms with Gasteiger partial charge in [-0.2, -0.15) is 5.10 Å². The molecule has 190 valence electrons. The summed E-state index contributed by atoms with van der Waals surface area (Å²) in [7, 11) is 0. The summed E-state index contributed by atoms with van der Waals surface area (Å²) in [5, 5.41) is 8.32. The van der Waals surface area contributed by atoms with E-state index in [2.05, 4.69) is 20.2 Å². The van der Waals surface area contributed by atoms with E-state index in [0.717, 1.165) is 63.6 Å². The number of anilines is 2. The summed E-state index contributed by atoms with van der Waals surface area (Å²) in [6, 6.07) is 13.4. The minimum atomic E-state index is -0.608. The molecule has 0 bridgehead atoms. The van der Waals surface area contributed by atoms with E-state index >= 15 is 0 Å². The lowest BCUT2D eigenvalue weighted by atomic mass is 10.0. The first-order valence-electron chi connectivity index (χ1n) is 12.1. The van der Waals surface area contributed by atoms with Crippen LogP contribution >= 0.6 is 23.2 Å². The second-order valence-corrected chi connectivity index (χ2v) is 9.87. The number of amides is 1. The Hall–Kier alpha value is -2.78. The fourth-order valence-electron chi connectivity index (χ4n) is 4.84. The van der Waals surface area contributed by atoms with Crippen molar-refractivity contribution in [2.24, 2.45) is 0 Å². The van der Waals surface area contributed by atoms with Crippen LogP contribution in [0.3, 0.4) is 0 Å². The number of piperidine rings is 1. The normalized spacial score (nSPS) is 17.2. The van der Waals surface area contributed by atoms with Crippen LogP contribution in [-0.4, -0.2) is 66.2 Å². The molecule has 1 N–H and O–H groups in total. The average molecular weight is 530 g/mol. The molecule has 2 saturated heterocycles. The summed E-state index contributed by atoms with van der Waals surface area (Å²) in [6.45, 7) is 7.42. The minimum Gasteiger partial charge on any atom is -0.406 e. The highest BCUT2D eigenvalue weighted by Crippen LogP contribution is 2.32. The molecule has 3 heterocycles. The third kappa shape index (κ3) is 5.62. The summed E-state index contributed by atoms with van der Waals surface area (Å²) in [5.41, 5.74) is 3.07. The van der Waals surface area contributed by atoms with E-state index in [4.69, 9.17) is 32.7 Å². The van der Waals surface area contributed by atoms with Gasteiger partial charge in [-0.15, -0.1) is 0 Å². The van der Waals surface area contributed by atoms with Gasteiger partial charge in [-0.25, -0.2) is 9.48 Å². The third-order valence-electron chi connectivity index (χ3n) is 6.80. The smallest absolute Gasteiger partial charge is 0.406 e. The molecule has 2 fully saturated rings. The Kier molecular flexibility index (Phi) is 7.67. The maximum Gasteiger partial charge on any atom is 0.417 e. The topological polar surface area (TPSA) is 71.9 Å². The molecule has 1 amide bonds. The summed E-state index contributed by atoms with van der Waals surface area (Å²) >= 11 is 12.6.